The van der Waals surface area contributed by atoms with E-state index in [1.165, 1.54) is 25.3 Å². The van der Waals surface area contributed by atoms with Crippen molar-refractivity contribution in [2.45, 2.75) is 57.3 Å². The monoisotopic (exact) mass is 480 g/mol. The van der Waals surface area contributed by atoms with E-state index in [-0.39, 0.29) is 36.4 Å². The summed E-state index contributed by atoms with van der Waals surface area (Å²) in [7, 11) is 1.28. The molecule has 34 heavy (non-hydrogen) atoms. The van der Waals surface area contributed by atoms with Crippen LogP contribution >= 0.6 is 0 Å². The largest absolute Gasteiger partial charge is 0.496 e. The Morgan fingerprint density at radius 3 is 2.56 bits per heavy atom. The quantitative estimate of drug-likeness (QED) is 0.699. The van der Waals surface area contributed by atoms with Crippen molar-refractivity contribution in [2.24, 2.45) is 5.41 Å². The third-order valence-corrected chi connectivity index (χ3v) is 6.61. The SMILES string of the molecule is COc1ccccc1C(=O)N[C@@]1(C(F)(F)F)C(=O)N(C[C@@H]2CCCO2)C2=C1C(=O)CC(C)(C)C2. The first-order valence-electron chi connectivity index (χ1n) is 11.1. The number of allylic oxidation sites excluding steroid dienone is 1. The lowest BCUT2D eigenvalue weighted by Gasteiger charge is -2.35. The van der Waals surface area contributed by atoms with Crippen LogP contribution in [0.2, 0.25) is 0 Å². The summed E-state index contributed by atoms with van der Waals surface area (Å²) >= 11 is 0. The van der Waals surface area contributed by atoms with E-state index < -0.39 is 46.4 Å². The fraction of sp³-hybridized carbons (Fsp3) is 0.542. The molecule has 2 heterocycles. The van der Waals surface area contributed by atoms with Gasteiger partial charge in [0.05, 0.1) is 30.9 Å². The number of hydrogen-bond acceptors (Lipinski definition) is 5. The first-order valence-corrected chi connectivity index (χ1v) is 11.1. The maximum absolute atomic E-state index is 14.8. The molecule has 1 fully saturated rings. The molecule has 1 N–H and O–H groups in total. The number of nitrogens with one attached hydrogen (secondary N) is 1. The highest BCUT2D eigenvalue weighted by Gasteiger charge is 2.71. The summed E-state index contributed by atoms with van der Waals surface area (Å²) < 4.78 is 55.2. The molecule has 0 radical (unpaired) electrons. The van der Waals surface area contributed by atoms with Gasteiger partial charge in [0.1, 0.15) is 5.75 Å². The number of hydrogen-bond donors (Lipinski definition) is 1. The third-order valence-electron chi connectivity index (χ3n) is 6.61. The second kappa shape index (κ2) is 8.41. The van der Waals surface area contributed by atoms with E-state index >= 15 is 0 Å². The molecule has 2 aliphatic heterocycles. The van der Waals surface area contributed by atoms with Gasteiger partial charge in [-0.05, 0) is 36.8 Å². The number of para-hydroxylation sites is 1. The predicted octanol–water partition coefficient (Wildman–Crippen LogP) is 3.39. The fourth-order valence-electron chi connectivity index (χ4n) is 5.08. The van der Waals surface area contributed by atoms with Gasteiger partial charge in [0.15, 0.2) is 5.78 Å². The molecule has 0 unspecified atom stereocenters. The van der Waals surface area contributed by atoms with Crippen LogP contribution in [0.4, 0.5) is 13.2 Å². The van der Waals surface area contributed by atoms with Gasteiger partial charge in [-0.1, -0.05) is 26.0 Å². The molecule has 1 aromatic carbocycles. The van der Waals surface area contributed by atoms with Gasteiger partial charge in [-0.3, -0.25) is 14.4 Å². The number of methoxy groups -OCH3 is 1. The molecule has 2 amide bonds. The van der Waals surface area contributed by atoms with Gasteiger partial charge in [0.25, 0.3) is 11.8 Å². The molecule has 7 nitrogen and oxygen atoms in total. The number of rotatable bonds is 5. The fourth-order valence-corrected chi connectivity index (χ4v) is 5.08. The van der Waals surface area contributed by atoms with E-state index in [0.717, 1.165) is 11.3 Å². The van der Waals surface area contributed by atoms with Crippen molar-refractivity contribution in [1.29, 1.82) is 0 Å². The minimum absolute atomic E-state index is 0.0133. The summed E-state index contributed by atoms with van der Waals surface area (Å²) in [4.78, 5) is 40.9. The normalized spacial score (nSPS) is 26.6. The molecule has 1 aromatic rings. The standard InChI is InChI=1S/C24H27F3N2O5/c1-22(2)11-16-19(17(30)12-22)23(24(25,26)27,21(32)29(16)13-14-7-6-10-34-14)28-20(31)15-8-4-5-9-18(15)33-3/h4-5,8-9,14H,6-7,10-13H2,1-3H3,(H,28,31)/t14-,23+/m0/s1. The van der Waals surface area contributed by atoms with Crippen LogP contribution in [-0.2, 0) is 14.3 Å². The van der Waals surface area contributed by atoms with E-state index in [1.54, 1.807) is 19.9 Å². The molecule has 1 saturated heterocycles. The van der Waals surface area contributed by atoms with Crippen LogP contribution in [0.3, 0.4) is 0 Å². The molecular weight excluding hydrogens is 453 g/mol. The van der Waals surface area contributed by atoms with Crippen LogP contribution in [0.25, 0.3) is 0 Å². The number of amides is 2. The molecule has 10 heteroatoms. The second-order valence-corrected chi connectivity index (χ2v) is 9.72. The van der Waals surface area contributed by atoms with Gasteiger partial charge in [0.2, 0.25) is 5.54 Å². The lowest BCUT2D eigenvalue weighted by Crippen LogP contribution is -2.66. The highest BCUT2D eigenvalue weighted by atomic mass is 19.4. The number of Topliss-reactive ketones (excluding diaryl/α,β-unsaturated/α-hetero) is 1. The van der Waals surface area contributed by atoms with Gasteiger partial charge < -0.3 is 19.7 Å². The number of alkyl halides is 3. The Labute approximate surface area is 195 Å². The molecule has 0 aromatic heterocycles. The van der Waals surface area contributed by atoms with Crippen LogP contribution in [0.1, 0.15) is 49.9 Å². The summed E-state index contributed by atoms with van der Waals surface area (Å²) in [5, 5.41) is 1.93. The molecule has 4 rings (SSSR count). The second-order valence-electron chi connectivity index (χ2n) is 9.72. The van der Waals surface area contributed by atoms with Gasteiger partial charge in [-0.2, -0.15) is 13.2 Å². The molecular formula is C24H27F3N2O5. The zero-order valence-corrected chi connectivity index (χ0v) is 19.3. The van der Waals surface area contributed by atoms with Crippen molar-refractivity contribution in [3.8, 4) is 5.75 Å². The average Bonchev–Trinajstić information content (AvgIpc) is 3.34. The van der Waals surface area contributed by atoms with Crippen LogP contribution < -0.4 is 10.1 Å². The molecule has 0 saturated carbocycles. The number of ether oxygens (including phenoxy) is 2. The summed E-state index contributed by atoms with van der Waals surface area (Å²) in [6.45, 7) is 3.89. The van der Waals surface area contributed by atoms with Gasteiger partial charge in [0, 0.05) is 18.7 Å². The molecule has 0 spiro atoms. The summed E-state index contributed by atoms with van der Waals surface area (Å²) in [6.07, 6.45) is -4.45. The van der Waals surface area contributed by atoms with E-state index in [2.05, 4.69) is 0 Å². The molecule has 0 bridgehead atoms. The molecule has 184 valence electrons. The highest BCUT2D eigenvalue weighted by Crippen LogP contribution is 2.52. The Morgan fingerprint density at radius 2 is 1.94 bits per heavy atom. The minimum atomic E-state index is -5.26. The maximum Gasteiger partial charge on any atom is 0.425 e. The number of carbonyl (C=O) groups is 3. The van der Waals surface area contributed by atoms with Crippen LogP contribution in [0, 0.1) is 5.41 Å². The maximum atomic E-state index is 14.8. The Bertz CT molecular complexity index is 1060. The van der Waals surface area contributed by atoms with Gasteiger partial charge in [-0.25, -0.2) is 0 Å². The van der Waals surface area contributed by atoms with Crippen molar-refractivity contribution in [2.75, 3.05) is 20.3 Å². The van der Waals surface area contributed by atoms with Crippen molar-refractivity contribution in [3.63, 3.8) is 0 Å². The summed E-state index contributed by atoms with van der Waals surface area (Å²) in [5.74, 6) is -3.29. The number of carbonyl (C=O) groups excluding carboxylic acids is 3. The zero-order chi connectivity index (χ0) is 24.9. The van der Waals surface area contributed by atoms with Gasteiger partial charge in [-0.15, -0.1) is 0 Å². The zero-order valence-electron chi connectivity index (χ0n) is 19.3. The number of halogens is 3. The van der Waals surface area contributed by atoms with Crippen molar-refractivity contribution >= 4 is 17.6 Å². The third kappa shape index (κ3) is 3.87. The Morgan fingerprint density at radius 1 is 1.24 bits per heavy atom. The van der Waals surface area contributed by atoms with Crippen LogP contribution in [0.5, 0.6) is 5.75 Å². The predicted molar refractivity (Wildman–Crippen MR) is 115 cm³/mol. The van der Waals surface area contributed by atoms with E-state index in [4.69, 9.17) is 9.47 Å². The average molecular weight is 480 g/mol. The number of nitrogens with zero attached hydrogens (tertiary/aromatic N) is 1. The van der Waals surface area contributed by atoms with Crippen molar-refractivity contribution in [1.82, 2.24) is 10.2 Å². The number of benzene rings is 1. The number of ketones is 1. The highest BCUT2D eigenvalue weighted by molar-refractivity contribution is 6.14. The Kier molecular flexibility index (Phi) is 6.00. The smallest absolute Gasteiger partial charge is 0.425 e. The molecule has 2 atom stereocenters. The van der Waals surface area contributed by atoms with E-state index in [9.17, 15) is 27.6 Å². The Balaban J connectivity index is 1.85. The van der Waals surface area contributed by atoms with E-state index in [0.29, 0.717) is 13.0 Å². The lowest BCUT2D eigenvalue weighted by molar-refractivity contribution is -0.191. The lowest BCUT2D eigenvalue weighted by atomic mass is 9.72. The summed E-state index contributed by atoms with van der Waals surface area (Å²) in [6, 6.07) is 5.75. The van der Waals surface area contributed by atoms with Crippen LogP contribution in [0.15, 0.2) is 35.5 Å². The Hall–Kier alpha value is -2.88. The van der Waals surface area contributed by atoms with Crippen molar-refractivity contribution in [3.05, 3.63) is 41.1 Å². The van der Waals surface area contributed by atoms with E-state index in [1.807, 2.05) is 5.32 Å². The van der Waals surface area contributed by atoms with Crippen LogP contribution in [-0.4, -0.2) is 60.6 Å². The van der Waals surface area contributed by atoms with Gasteiger partial charge >= 0.3 is 6.18 Å². The first-order chi connectivity index (χ1) is 15.9. The van der Waals surface area contributed by atoms with Crippen molar-refractivity contribution < 1.29 is 37.0 Å². The molecule has 1 aliphatic carbocycles. The minimum Gasteiger partial charge on any atom is -0.496 e. The summed E-state index contributed by atoms with van der Waals surface area (Å²) in [5.41, 5.74) is -4.97. The molecule has 3 aliphatic rings. The topological polar surface area (TPSA) is 84.9 Å². The first kappa shape index (κ1) is 24.3.